The van der Waals surface area contributed by atoms with Crippen LogP contribution in [0.2, 0.25) is 0 Å². The van der Waals surface area contributed by atoms with Crippen LogP contribution in [0.4, 0.5) is 0 Å². The zero-order valence-corrected chi connectivity index (χ0v) is 13.1. The summed E-state index contributed by atoms with van der Waals surface area (Å²) in [5.74, 6) is 0.983. The minimum absolute atomic E-state index is 0.685. The van der Waals surface area contributed by atoms with Crippen molar-refractivity contribution in [2.45, 2.75) is 32.7 Å². The zero-order valence-electron chi connectivity index (χ0n) is 13.1. The number of para-hydroxylation sites is 1. The molecule has 0 spiro atoms. The van der Waals surface area contributed by atoms with Crippen molar-refractivity contribution in [3.05, 3.63) is 54.6 Å². The van der Waals surface area contributed by atoms with E-state index in [9.17, 15) is 0 Å². The highest BCUT2D eigenvalue weighted by molar-refractivity contribution is 5.70. The van der Waals surface area contributed by atoms with Crippen LogP contribution in [-0.2, 0) is 0 Å². The van der Waals surface area contributed by atoms with E-state index >= 15 is 0 Å². The van der Waals surface area contributed by atoms with Crippen LogP contribution < -0.4 is 10.1 Å². The van der Waals surface area contributed by atoms with Crippen molar-refractivity contribution in [2.24, 2.45) is 0 Å². The Morgan fingerprint density at radius 2 is 1.62 bits per heavy atom. The van der Waals surface area contributed by atoms with E-state index in [1.54, 1.807) is 0 Å². The first kappa shape index (κ1) is 15.6. The number of rotatable bonds is 8. The fourth-order valence-corrected chi connectivity index (χ4v) is 2.33. The Kier molecular flexibility index (Phi) is 6.29. The van der Waals surface area contributed by atoms with Gasteiger partial charge >= 0.3 is 0 Å². The molecule has 0 radical (unpaired) electrons. The Morgan fingerprint density at radius 3 is 2.38 bits per heavy atom. The van der Waals surface area contributed by atoms with Gasteiger partial charge in [0.05, 0.1) is 19.2 Å². The molecule has 0 aromatic heterocycles. The number of hydrogen-bond donors (Lipinski definition) is 1. The molecule has 0 atom stereocenters. The first-order valence-electron chi connectivity index (χ1n) is 7.88. The van der Waals surface area contributed by atoms with Crippen molar-refractivity contribution in [2.75, 3.05) is 13.2 Å². The molecular weight excluding hydrogens is 258 g/mol. The maximum absolute atomic E-state index is 5.98. The molecule has 0 fully saturated rings. The molecule has 0 unspecified atom stereocenters. The SMILES string of the molecule is CC(C)[NH2+]CCCCOc1ccccc1-c1ccccc1. The van der Waals surface area contributed by atoms with E-state index in [-0.39, 0.29) is 0 Å². The van der Waals surface area contributed by atoms with Gasteiger partial charge in [-0.3, -0.25) is 0 Å². The Bertz CT molecular complexity index is 522. The third kappa shape index (κ3) is 5.24. The van der Waals surface area contributed by atoms with Crippen LogP contribution >= 0.6 is 0 Å². The number of unbranched alkanes of at least 4 members (excludes halogenated alkanes) is 1. The van der Waals surface area contributed by atoms with E-state index in [0.29, 0.717) is 6.04 Å². The third-order valence-electron chi connectivity index (χ3n) is 3.47. The Morgan fingerprint density at radius 1 is 0.905 bits per heavy atom. The highest BCUT2D eigenvalue weighted by Gasteiger charge is 2.05. The summed E-state index contributed by atoms with van der Waals surface area (Å²) in [5.41, 5.74) is 2.38. The predicted octanol–water partition coefficient (Wildman–Crippen LogP) is 3.48. The van der Waals surface area contributed by atoms with Gasteiger partial charge in [0, 0.05) is 5.56 Å². The van der Waals surface area contributed by atoms with Crippen LogP contribution in [0.1, 0.15) is 26.7 Å². The average molecular weight is 284 g/mol. The molecule has 2 aromatic carbocycles. The molecule has 0 bridgehead atoms. The van der Waals surface area contributed by atoms with E-state index in [0.717, 1.165) is 18.8 Å². The van der Waals surface area contributed by atoms with Crippen molar-refractivity contribution < 1.29 is 10.1 Å². The number of ether oxygens (including phenoxy) is 1. The molecule has 2 N–H and O–H groups in total. The lowest BCUT2D eigenvalue weighted by atomic mass is 10.1. The zero-order chi connectivity index (χ0) is 14.9. The second-order valence-corrected chi connectivity index (χ2v) is 5.69. The molecule has 112 valence electrons. The molecule has 21 heavy (non-hydrogen) atoms. The molecule has 0 saturated carbocycles. The molecule has 0 aliphatic rings. The topological polar surface area (TPSA) is 25.8 Å². The fraction of sp³-hybridized carbons (Fsp3) is 0.368. The van der Waals surface area contributed by atoms with Gasteiger partial charge in [0.15, 0.2) is 0 Å². The van der Waals surface area contributed by atoms with Gasteiger partial charge in [-0.05, 0) is 38.3 Å². The minimum atomic E-state index is 0.685. The second-order valence-electron chi connectivity index (χ2n) is 5.69. The van der Waals surface area contributed by atoms with Gasteiger partial charge in [-0.25, -0.2) is 0 Å². The van der Waals surface area contributed by atoms with Crippen LogP contribution in [0.15, 0.2) is 54.6 Å². The third-order valence-corrected chi connectivity index (χ3v) is 3.47. The number of benzene rings is 2. The van der Waals surface area contributed by atoms with Crippen molar-refractivity contribution in [1.29, 1.82) is 0 Å². The monoisotopic (exact) mass is 284 g/mol. The lowest BCUT2D eigenvalue weighted by Crippen LogP contribution is -2.88. The van der Waals surface area contributed by atoms with E-state index in [1.807, 2.05) is 12.1 Å². The summed E-state index contributed by atoms with van der Waals surface area (Å²) < 4.78 is 5.98. The largest absolute Gasteiger partial charge is 0.493 e. The summed E-state index contributed by atoms with van der Waals surface area (Å²) in [4.78, 5) is 0. The summed E-state index contributed by atoms with van der Waals surface area (Å²) in [6.45, 7) is 6.43. The summed E-state index contributed by atoms with van der Waals surface area (Å²) in [6, 6.07) is 19.4. The molecule has 0 aliphatic carbocycles. The van der Waals surface area contributed by atoms with Crippen molar-refractivity contribution >= 4 is 0 Å². The second kappa shape index (κ2) is 8.48. The van der Waals surface area contributed by atoms with Gasteiger partial charge < -0.3 is 10.1 Å². The van der Waals surface area contributed by atoms with Crippen LogP contribution in [-0.4, -0.2) is 19.2 Å². The molecule has 2 aromatic rings. The van der Waals surface area contributed by atoms with Gasteiger partial charge in [0.1, 0.15) is 5.75 Å². The summed E-state index contributed by atoms with van der Waals surface area (Å²) in [5, 5.41) is 2.37. The summed E-state index contributed by atoms with van der Waals surface area (Å²) in [7, 11) is 0. The maximum Gasteiger partial charge on any atom is 0.127 e. The Hall–Kier alpha value is -1.80. The lowest BCUT2D eigenvalue weighted by molar-refractivity contribution is -0.683. The highest BCUT2D eigenvalue weighted by atomic mass is 16.5. The summed E-state index contributed by atoms with van der Waals surface area (Å²) >= 11 is 0. The average Bonchev–Trinajstić information content (AvgIpc) is 2.52. The molecule has 0 heterocycles. The van der Waals surface area contributed by atoms with E-state index in [1.165, 1.54) is 24.1 Å². The van der Waals surface area contributed by atoms with Gasteiger partial charge in [-0.15, -0.1) is 0 Å². The molecular formula is C19H26NO+. The van der Waals surface area contributed by atoms with Crippen molar-refractivity contribution in [1.82, 2.24) is 0 Å². The molecule has 0 saturated heterocycles. The van der Waals surface area contributed by atoms with Crippen molar-refractivity contribution in [3.8, 4) is 16.9 Å². The maximum atomic E-state index is 5.98. The molecule has 0 amide bonds. The van der Waals surface area contributed by atoms with E-state index in [4.69, 9.17) is 4.74 Å². The van der Waals surface area contributed by atoms with Gasteiger partial charge in [0.25, 0.3) is 0 Å². The molecule has 0 aliphatic heterocycles. The quantitative estimate of drug-likeness (QED) is 0.738. The van der Waals surface area contributed by atoms with Gasteiger partial charge in [-0.1, -0.05) is 48.5 Å². The first-order chi connectivity index (χ1) is 10.3. The van der Waals surface area contributed by atoms with Crippen molar-refractivity contribution in [3.63, 3.8) is 0 Å². The van der Waals surface area contributed by atoms with Crippen LogP contribution in [0.3, 0.4) is 0 Å². The first-order valence-corrected chi connectivity index (χ1v) is 7.88. The highest BCUT2D eigenvalue weighted by Crippen LogP contribution is 2.29. The van der Waals surface area contributed by atoms with E-state index < -0.39 is 0 Å². The molecule has 2 nitrogen and oxygen atoms in total. The lowest BCUT2D eigenvalue weighted by Gasteiger charge is -2.11. The number of nitrogens with two attached hydrogens (primary N) is 1. The van der Waals surface area contributed by atoms with Gasteiger partial charge in [0.2, 0.25) is 0 Å². The minimum Gasteiger partial charge on any atom is -0.493 e. The van der Waals surface area contributed by atoms with Crippen LogP contribution in [0.5, 0.6) is 5.75 Å². The Balaban J connectivity index is 1.87. The smallest absolute Gasteiger partial charge is 0.127 e. The standard InChI is InChI=1S/C19H25NO/c1-16(2)20-14-8-9-15-21-19-13-7-6-12-18(19)17-10-4-3-5-11-17/h3-7,10-13,16,20H,8-9,14-15H2,1-2H3/p+1. The number of hydrogen-bond acceptors (Lipinski definition) is 1. The van der Waals surface area contributed by atoms with Crippen LogP contribution in [0.25, 0.3) is 11.1 Å². The van der Waals surface area contributed by atoms with Crippen LogP contribution in [0, 0.1) is 0 Å². The Labute approximate surface area is 128 Å². The molecule has 2 rings (SSSR count). The predicted molar refractivity (Wildman–Crippen MR) is 88.5 cm³/mol. The van der Waals surface area contributed by atoms with Gasteiger partial charge in [-0.2, -0.15) is 0 Å². The fourth-order valence-electron chi connectivity index (χ4n) is 2.33. The normalized spacial score (nSPS) is 10.8. The molecule has 2 heteroatoms. The van der Waals surface area contributed by atoms with E-state index in [2.05, 4.69) is 61.6 Å². The number of quaternary nitrogens is 1. The summed E-state index contributed by atoms with van der Waals surface area (Å²) in [6.07, 6.45) is 2.30.